The number of carboxylic acid groups (broad SMARTS) is 1. The number of aldehydes is 2. The number of alkyl halides is 3. The number of halogens is 3. The van der Waals surface area contributed by atoms with E-state index in [1.54, 1.807) is 54.7 Å². The quantitative estimate of drug-likeness (QED) is 0.0877. The molecule has 264 valence electrons. The Kier molecular flexibility index (Phi) is 11.9. The van der Waals surface area contributed by atoms with Crippen molar-refractivity contribution in [1.29, 1.82) is 0 Å². The summed E-state index contributed by atoms with van der Waals surface area (Å²) in [5.41, 5.74) is 7.65. The van der Waals surface area contributed by atoms with Crippen LogP contribution in [-0.4, -0.2) is 77.3 Å². The third-order valence-electron chi connectivity index (χ3n) is 7.64. The van der Waals surface area contributed by atoms with Gasteiger partial charge in [0.05, 0.1) is 24.4 Å². The molecule has 3 aromatic rings. The zero-order chi connectivity index (χ0) is 36.5. The Labute approximate surface area is 282 Å². The zero-order valence-corrected chi connectivity index (χ0v) is 26.3. The minimum Gasteiger partial charge on any atom is -0.490 e. The molecule has 17 heteroatoms. The van der Waals surface area contributed by atoms with E-state index >= 15 is 0 Å². The maximum atomic E-state index is 13.1. The highest BCUT2D eigenvalue weighted by atomic mass is 19.4. The van der Waals surface area contributed by atoms with E-state index < -0.39 is 29.7 Å². The number of hydrogen-bond donors (Lipinski definition) is 4. The van der Waals surface area contributed by atoms with Gasteiger partial charge in [-0.2, -0.15) is 13.2 Å². The number of aryl methyl sites for hydroxylation is 1. The Bertz CT molecular complexity index is 1750. The van der Waals surface area contributed by atoms with Crippen molar-refractivity contribution in [3.05, 3.63) is 77.5 Å². The average molecular weight is 700 g/mol. The van der Waals surface area contributed by atoms with Crippen LogP contribution in [0.4, 0.5) is 30.4 Å². The molecule has 2 aromatic carbocycles. The third kappa shape index (κ3) is 9.19. The maximum absolute atomic E-state index is 13.1. The molecule has 2 amide bonds. The van der Waals surface area contributed by atoms with Crippen LogP contribution in [0.25, 0.3) is 0 Å². The van der Waals surface area contributed by atoms with Gasteiger partial charge < -0.3 is 35.2 Å². The number of amides is 2. The number of carbonyl (C=O) groups is 6. The van der Waals surface area contributed by atoms with Gasteiger partial charge >= 0.3 is 18.1 Å². The second kappa shape index (κ2) is 16.0. The van der Waals surface area contributed by atoms with Gasteiger partial charge in [0.25, 0.3) is 11.8 Å². The Balaban J connectivity index is 0.000000727. The van der Waals surface area contributed by atoms with Crippen molar-refractivity contribution in [1.82, 2.24) is 15.6 Å². The molecule has 2 atom stereocenters. The van der Waals surface area contributed by atoms with Gasteiger partial charge in [0.15, 0.2) is 11.6 Å². The number of fused-ring (bicyclic) bond motifs is 1. The maximum Gasteiger partial charge on any atom is 0.490 e. The van der Waals surface area contributed by atoms with E-state index in [1.807, 2.05) is 6.07 Å². The monoisotopic (exact) mass is 699 g/mol. The second-order valence-electron chi connectivity index (χ2n) is 11.1. The minimum atomic E-state index is -5.08. The molecule has 1 saturated heterocycles. The van der Waals surface area contributed by atoms with Gasteiger partial charge in [0.1, 0.15) is 30.8 Å². The number of anilines is 3. The van der Waals surface area contributed by atoms with E-state index in [0.29, 0.717) is 59.7 Å². The molecular formula is C33H32F3N5O9. The highest BCUT2D eigenvalue weighted by Gasteiger charge is 2.59. The van der Waals surface area contributed by atoms with E-state index in [1.165, 1.54) is 4.90 Å². The predicted octanol–water partition coefficient (Wildman–Crippen LogP) is 2.65. The second-order valence-corrected chi connectivity index (χ2v) is 11.1. The lowest BCUT2D eigenvalue weighted by atomic mass is 10.0. The average Bonchev–Trinajstić information content (AvgIpc) is 3.84. The highest BCUT2D eigenvalue weighted by Crippen LogP contribution is 2.33. The summed E-state index contributed by atoms with van der Waals surface area (Å²) in [4.78, 5) is 74.7. The number of nitrogen functional groups attached to an aromatic ring is 1. The molecule has 2 aliphatic rings. The number of aliphatic carboxylic acids is 1. The summed E-state index contributed by atoms with van der Waals surface area (Å²) in [6, 6.07) is 15.0. The highest BCUT2D eigenvalue weighted by molar-refractivity contribution is 6.13. The minimum absolute atomic E-state index is 0.0537. The topological polar surface area (TPSA) is 217 Å². The zero-order valence-electron chi connectivity index (χ0n) is 26.3. The van der Waals surface area contributed by atoms with Gasteiger partial charge in [-0.1, -0.05) is 18.2 Å². The summed E-state index contributed by atoms with van der Waals surface area (Å²) < 4.78 is 42.7. The van der Waals surface area contributed by atoms with E-state index in [-0.39, 0.29) is 31.4 Å². The number of carbonyl (C=O) groups excluding carboxylic acids is 5. The van der Waals surface area contributed by atoms with Crippen molar-refractivity contribution >= 4 is 53.5 Å². The van der Waals surface area contributed by atoms with Crippen molar-refractivity contribution in [2.75, 3.05) is 23.8 Å². The summed E-state index contributed by atoms with van der Waals surface area (Å²) in [5.74, 6) is -3.11. The molecule has 0 aliphatic carbocycles. The number of nitrogens with zero attached hydrogens (tertiary/aromatic N) is 2. The molecule has 5 N–H and O–H groups in total. The summed E-state index contributed by atoms with van der Waals surface area (Å²) in [6.45, 7) is 0.266. The predicted molar refractivity (Wildman–Crippen MR) is 169 cm³/mol. The van der Waals surface area contributed by atoms with Crippen molar-refractivity contribution in [3.8, 4) is 5.75 Å². The fourth-order valence-corrected chi connectivity index (χ4v) is 4.94. The molecule has 0 saturated carbocycles. The van der Waals surface area contributed by atoms with Crippen molar-refractivity contribution in [3.63, 3.8) is 0 Å². The van der Waals surface area contributed by atoms with E-state index in [4.69, 9.17) is 25.1 Å². The Morgan fingerprint density at radius 3 is 2.42 bits per heavy atom. The number of aromatic nitrogens is 1. The Hall–Kier alpha value is -5.84. The Morgan fingerprint density at radius 1 is 1.08 bits per heavy atom. The number of nitrogens with one attached hydrogen (secondary N) is 2. The first-order valence-electron chi connectivity index (χ1n) is 15.1. The fraction of sp³-hybridized carbons (Fsp3) is 0.303. The van der Waals surface area contributed by atoms with E-state index in [9.17, 15) is 37.1 Å². The van der Waals surface area contributed by atoms with Crippen LogP contribution in [0.2, 0.25) is 0 Å². The first-order chi connectivity index (χ1) is 23.8. The lowest BCUT2D eigenvalue weighted by Crippen LogP contribution is -2.33. The molecule has 0 spiro atoms. The number of unbranched alkanes of at least 4 members (excludes halogenated alkanes) is 1. The van der Waals surface area contributed by atoms with E-state index in [0.717, 1.165) is 18.4 Å². The smallest absolute Gasteiger partial charge is 0.490 e. The first kappa shape index (κ1) is 37.0. The Morgan fingerprint density at radius 2 is 1.78 bits per heavy atom. The molecule has 50 heavy (non-hydrogen) atoms. The van der Waals surface area contributed by atoms with Crippen LogP contribution in [0.3, 0.4) is 0 Å². The lowest BCUT2D eigenvalue weighted by molar-refractivity contribution is -0.192. The van der Waals surface area contributed by atoms with Crippen molar-refractivity contribution in [2.45, 2.75) is 50.0 Å². The lowest BCUT2D eigenvalue weighted by Gasteiger charge is -2.23. The normalized spacial score (nSPS) is 18.0. The van der Waals surface area contributed by atoms with Gasteiger partial charge in [-0.25, -0.2) is 9.78 Å². The molecule has 2 aliphatic heterocycles. The number of hydrogen-bond acceptors (Lipinski definition) is 11. The molecule has 1 fully saturated rings. The molecule has 5 rings (SSSR count). The largest absolute Gasteiger partial charge is 0.490 e. The van der Waals surface area contributed by atoms with Crippen LogP contribution in [0.5, 0.6) is 5.75 Å². The molecule has 0 bridgehead atoms. The van der Waals surface area contributed by atoms with Gasteiger partial charge in [-0.15, -0.1) is 0 Å². The number of esters is 1. The van der Waals surface area contributed by atoms with Crippen molar-refractivity contribution < 1.29 is 56.5 Å². The summed E-state index contributed by atoms with van der Waals surface area (Å²) in [7, 11) is 0. The van der Waals surface area contributed by atoms with E-state index in [2.05, 4.69) is 15.6 Å². The number of benzene rings is 2. The molecule has 0 radical (unpaired) electrons. The first-order valence-corrected chi connectivity index (χ1v) is 15.1. The van der Waals surface area contributed by atoms with Crippen LogP contribution >= 0.6 is 0 Å². The summed E-state index contributed by atoms with van der Waals surface area (Å²) in [5, 5.41) is 12.5. The molecule has 1 aromatic heterocycles. The molecule has 3 heterocycles. The number of nitrogens with two attached hydrogens (primary N) is 1. The molecule has 14 nitrogen and oxygen atoms in total. The third-order valence-corrected chi connectivity index (χ3v) is 7.64. The summed E-state index contributed by atoms with van der Waals surface area (Å²) in [6.07, 6.45) is -0.138. The number of rotatable bonds is 13. The number of carboxylic acids is 1. The van der Waals surface area contributed by atoms with Crippen LogP contribution < -0.4 is 26.0 Å². The van der Waals surface area contributed by atoms with Crippen LogP contribution in [0, 0.1) is 0 Å². The number of pyridine rings is 1. The van der Waals surface area contributed by atoms with Gasteiger partial charge in [0.2, 0.25) is 0 Å². The van der Waals surface area contributed by atoms with Crippen molar-refractivity contribution in [2.24, 2.45) is 0 Å². The molecule has 2 unspecified atom stereocenters. The number of ether oxygens (including phenoxy) is 2. The SMILES string of the molecule is Nc1ncccc1OCCCCc1ccc2c(c1)C(=O)NCC(=O)N2c1ccc(COC(=O)C2NC2(C=O)CC=O)cc1.O=C(O)C(F)(F)F. The standard InChI is InChI=1S/C31H31N5O7.C2HF3O2/c32-28-25(5-3-13-33-28)42-15-2-1-4-20-8-11-24-23(16-20)29(40)34-17-26(39)36(24)22-9-6-21(7-10-22)18-43-30(41)27-31(19-38,35-27)12-14-37;3-2(4,5)1(6)7/h3,5-11,13-14,16,19,27,35H,1-2,4,12,15,17-18H2,(H2,32,33)(H,34,40);(H,6,7). The van der Waals surface area contributed by atoms with Gasteiger partial charge in [0, 0.05) is 18.3 Å². The molecular weight excluding hydrogens is 667 g/mol. The van der Waals surface area contributed by atoms with Crippen LogP contribution in [0.15, 0.2) is 60.8 Å². The van der Waals surface area contributed by atoms with Gasteiger partial charge in [-0.05, 0) is 66.8 Å². The fourth-order valence-electron chi connectivity index (χ4n) is 4.94. The van der Waals surface area contributed by atoms with Crippen LogP contribution in [0.1, 0.15) is 40.7 Å². The summed E-state index contributed by atoms with van der Waals surface area (Å²) >= 11 is 0. The van der Waals surface area contributed by atoms with Gasteiger partial charge in [-0.3, -0.25) is 24.6 Å². The van der Waals surface area contributed by atoms with Crippen LogP contribution in [-0.2, 0) is 41.7 Å².